The number of ether oxygens (including phenoxy) is 1. The van der Waals surface area contributed by atoms with Gasteiger partial charge < -0.3 is 15.4 Å². The minimum Gasteiger partial charge on any atom is -0.496 e. The van der Waals surface area contributed by atoms with E-state index in [-0.39, 0.29) is 18.2 Å². The van der Waals surface area contributed by atoms with E-state index in [1.165, 1.54) is 22.7 Å². The highest BCUT2D eigenvalue weighted by Crippen LogP contribution is 2.30. The van der Waals surface area contributed by atoms with Gasteiger partial charge in [-0.3, -0.25) is 14.7 Å². The normalized spacial score (nSPS) is 10.8. The van der Waals surface area contributed by atoms with Gasteiger partial charge >= 0.3 is 0 Å². The number of methoxy groups -OCH3 is 1. The first-order chi connectivity index (χ1) is 14.1. The van der Waals surface area contributed by atoms with Crippen molar-refractivity contribution in [3.8, 4) is 5.75 Å². The van der Waals surface area contributed by atoms with Gasteiger partial charge in [0.2, 0.25) is 5.91 Å². The average molecular weight is 428 g/mol. The average Bonchev–Trinajstić information content (AvgIpc) is 3.45. The molecule has 4 rings (SSSR count). The number of para-hydroxylation sites is 1. The number of hydrogen-bond acceptors (Lipinski definition) is 7. The third-order valence-electron chi connectivity index (χ3n) is 4.17. The number of fused-ring (bicyclic) bond motifs is 1. The zero-order valence-corrected chi connectivity index (χ0v) is 17.0. The summed E-state index contributed by atoms with van der Waals surface area (Å²) in [6, 6.07) is 9.42. The largest absolute Gasteiger partial charge is 0.496 e. The van der Waals surface area contributed by atoms with Gasteiger partial charge in [0.15, 0.2) is 5.01 Å². The summed E-state index contributed by atoms with van der Waals surface area (Å²) in [5.74, 6) is 0.838. The minimum atomic E-state index is -0.298. The Morgan fingerprint density at radius 3 is 2.93 bits per heavy atom. The predicted molar refractivity (Wildman–Crippen MR) is 113 cm³/mol. The number of nitrogens with zero attached hydrogens (tertiary/aromatic N) is 2. The lowest BCUT2D eigenvalue weighted by atomic mass is 10.2. The Kier molecular flexibility index (Phi) is 5.54. The molecule has 0 radical (unpaired) electrons. The molecule has 3 aromatic heterocycles. The number of nitrogens with one attached hydrogen (secondary N) is 3. The number of hydrogen-bond donors (Lipinski definition) is 3. The second kappa shape index (κ2) is 8.41. The molecular weight excluding hydrogens is 410 g/mol. The van der Waals surface area contributed by atoms with Gasteiger partial charge in [-0.1, -0.05) is 18.2 Å². The van der Waals surface area contributed by atoms with E-state index in [0.717, 1.165) is 26.4 Å². The number of amides is 2. The zero-order valence-electron chi connectivity index (χ0n) is 15.4. The lowest BCUT2D eigenvalue weighted by Gasteiger charge is -2.09. The molecule has 0 fully saturated rings. The van der Waals surface area contributed by atoms with Gasteiger partial charge in [0.1, 0.15) is 16.4 Å². The maximum absolute atomic E-state index is 12.4. The van der Waals surface area contributed by atoms with Gasteiger partial charge in [-0.2, -0.15) is 5.10 Å². The predicted octanol–water partition coefficient (Wildman–Crippen LogP) is 3.20. The lowest BCUT2D eigenvalue weighted by molar-refractivity contribution is -0.120. The number of rotatable bonds is 7. The number of thiazole rings is 1. The van der Waals surface area contributed by atoms with Crippen LogP contribution in [0.4, 0.5) is 5.82 Å². The van der Waals surface area contributed by atoms with Crippen LogP contribution in [0, 0.1) is 0 Å². The molecule has 0 aliphatic rings. The summed E-state index contributed by atoms with van der Waals surface area (Å²) in [5.41, 5.74) is 0.914. The molecule has 8 nitrogen and oxygen atoms in total. The smallest absolute Gasteiger partial charge is 0.285 e. The second-order valence-corrected chi connectivity index (χ2v) is 8.10. The van der Waals surface area contributed by atoms with E-state index in [0.29, 0.717) is 17.4 Å². The summed E-state index contributed by atoms with van der Waals surface area (Å²) in [4.78, 5) is 30.1. The van der Waals surface area contributed by atoms with Crippen LogP contribution < -0.4 is 15.4 Å². The molecule has 3 heterocycles. The van der Waals surface area contributed by atoms with Crippen molar-refractivity contribution in [1.29, 1.82) is 0 Å². The number of H-pyrrole nitrogens is 1. The first-order valence-electron chi connectivity index (χ1n) is 8.70. The Morgan fingerprint density at radius 1 is 1.28 bits per heavy atom. The van der Waals surface area contributed by atoms with Gasteiger partial charge in [-0.05, 0) is 12.1 Å². The number of aromatic nitrogens is 3. The third kappa shape index (κ3) is 4.28. The Morgan fingerprint density at radius 2 is 2.14 bits per heavy atom. The van der Waals surface area contributed by atoms with Gasteiger partial charge in [-0.15, -0.1) is 22.7 Å². The summed E-state index contributed by atoms with van der Waals surface area (Å²) in [7, 11) is 1.60. The molecule has 148 valence electrons. The molecule has 0 spiro atoms. The van der Waals surface area contributed by atoms with Crippen molar-refractivity contribution >= 4 is 50.5 Å². The Balaban J connectivity index is 1.40. The van der Waals surface area contributed by atoms with Crippen LogP contribution in [0.1, 0.15) is 20.2 Å². The van der Waals surface area contributed by atoms with Crippen molar-refractivity contribution in [1.82, 2.24) is 20.5 Å². The molecule has 0 saturated heterocycles. The van der Waals surface area contributed by atoms with Crippen molar-refractivity contribution in [2.24, 2.45) is 0 Å². The minimum absolute atomic E-state index is 0.0999. The molecule has 0 unspecified atom stereocenters. The molecule has 0 atom stereocenters. The van der Waals surface area contributed by atoms with Crippen LogP contribution in [0.25, 0.3) is 10.2 Å². The molecule has 2 amide bonds. The van der Waals surface area contributed by atoms with E-state index in [2.05, 4.69) is 25.8 Å². The van der Waals surface area contributed by atoms with Gasteiger partial charge in [-0.25, -0.2) is 4.98 Å². The second-order valence-electron chi connectivity index (χ2n) is 6.09. The number of carbonyl (C=O) groups excluding carboxylic acids is 2. The quantitative estimate of drug-likeness (QED) is 0.420. The molecule has 10 heteroatoms. The summed E-state index contributed by atoms with van der Waals surface area (Å²) < 4.78 is 5.30. The highest BCUT2D eigenvalue weighted by atomic mass is 32.1. The molecule has 29 heavy (non-hydrogen) atoms. The first-order valence-corrected chi connectivity index (χ1v) is 10.4. The Hall–Kier alpha value is -3.24. The van der Waals surface area contributed by atoms with Crippen LogP contribution in [0.2, 0.25) is 0 Å². The van der Waals surface area contributed by atoms with E-state index in [4.69, 9.17) is 4.74 Å². The number of anilines is 1. The van der Waals surface area contributed by atoms with E-state index in [1.54, 1.807) is 18.7 Å². The lowest BCUT2D eigenvalue weighted by Crippen LogP contribution is -2.24. The van der Waals surface area contributed by atoms with Gasteiger partial charge in [0, 0.05) is 28.6 Å². The van der Waals surface area contributed by atoms with E-state index in [1.807, 2.05) is 30.3 Å². The summed E-state index contributed by atoms with van der Waals surface area (Å²) in [6.45, 7) is 0.390. The maximum atomic E-state index is 12.4. The fourth-order valence-electron chi connectivity index (χ4n) is 2.81. The van der Waals surface area contributed by atoms with E-state index in [9.17, 15) is 9.59 Å². The highest BCUT2D eigenvalue weighted by Gasteiger charge is 2.16. The maximum Gasteiger partial charge on any atom is 0.285 e. The first kappa shape index (κ1) is 19.1. The Labute approximate surface area is 173 Å². The summed E-state index contributed by atoms with van der Waals surface area (Å²) in [5, 5.41) is 15.6. The monoisotopic (exact) mass is 427 g/mol. The summed E-state index contributed by atoms with van der Waals surface area (Å²) >= 11 is 2.67. The molecule has 0 saturated carbocycles. The SMILES string of the molecule is COc1ccccc1CNC(=O)Cc1cc2c(NC(=O)c3nccs3)[nH]nc2s1. The van der Waals surface area contributed by atoms with Gasteiger partial charge in [0.05, 0.1) is 18.9 Å². The van der Waals surface area contributed by atoms with Crippen molar-refractivity contribution in [3.63, 3.8) is 0 Å². The van der Waals surface area contributed by atoms with Crippen LogP contribution in [0.15, 0.2) is 41.9 Å². The van der Waals surface area contributed by atoms with Crippen LogP contribution >= 0.6 is 22.7 Å². The zero-order chi connectivity index (χ0) is 20.2. The fourth-order valence-corrected chi connectivity index (χ4v) is 4.33. The molecule has 3 N–H and O–H groups in total. The van der Waals surface area contributed by atoms with Crippen LogP contribution in [-0.4, -0.2) is 34.1 Å². The fraction of sp³-hybridized carbons (Fsp3) is 0.158. The molecule has 0 aliphatic carbocycles. The number of thiophene rings is 1. The summed E-state index contributed by atoms with van der Waals surface area (Å²) in [6.07, 6.45) is 1.81. The van der Waals surface area contributed by atoms with Crippen LogP contribution in [-0.2, 0) is 17.8 Å². The Bertz CT molecular complexity index is 1150. The number of aromatic amines is 1. The molecule has 1 aromatic carbocycles. The van der Waals surface area contributed by atoms with Crippen molar-refractivity contribution in [3.05, 3.63) is 57.4 Å². The number of carbonyl (C=O) groups is 2. The standard InChI is InChI=1S/C19H17N5O3S2/c1-27-14-5-3-2-4-11(14)10-21-15(25)9-12-8-13-16(23-24-18(13)29-12)22-17(26)19-20-6-7-28-19/h2-8H,9-10H2,1H3,(H,21,25)(H2,22,23,24,26). The molecular formula is C19H17N5O3S2. The molecule has 0 aliphatic heterocycles. The van der Waals surface area contributed by atoms with Crippen molar-refractivity contribution < 1.29 is 14.3 Å². The van der Waals surface area contributed by atoms with Crippen molar-refractivity contribution in [2.75, 3.05) is 12.4 Å². The number of benzene rings is 1. The van der Waals surface area contributed by atoms with Crippen LogP contribution in [0.3, 0.4) is 0 Å². The van der Waals surface area contributed by atoms with Gasteiger partial charge in [0.25, 0.3) is 5.91 Å². The van der Waals surface area contributed by atoms with E-state index >= 15 is 0 Å². The topological polar surface area (TPSA) is 109 Å². The third-order valence-corrected chi connectivity index (χ3v) is 5.97. The van der Waals surface area contributed by atoms with E-state index < -0.39 is 0 Å². The van der Waals surface area contributed by atoms with Crippen LogP contribution in [0.5, 0.6) is 5.75 Å². The highest BCUT2D eigenvalue weighted by molar-refractivity contribution is 7.18. The van der Waals surface area contributed by atoms with Crippen molar-refractivity contribution in [2.45, 2.75) is 13.0 Å². The molecule has 4 aromatic rings. The molecule has 0 bridgehead atoms.